The summed E-state index contributed by atoms with van der Waals surface area (Å²) >= 11 is 0. The molecule has 0 unspecified atom stereocenters. The quantitative estimate of drug-likeness (QED) is 0.684. The van der Waals surface area contributed by atoms with Crippen LogP contribution in [0.3, 0.4) is 0 Å². The fourth-order valence-electron chi connectivity index (χ4n) is 3.67. The van der Waals surface area contributed by atoms with Crippen LogP contribution in [0.5, 0.6) is 17.2 Å². The standard InChI is InChI=1S/C20H23NO7S2/c1-26-15-2-4-16(5-3-15)29(22,23)17-8-10-21(11-9-17)30(24,25)18-6-7-19-20(14-18)28-13-12-27-19/h2-7,14,17H,8-13H2,1H3. The Morgan fingerprint density at radius 2 is 1.47 bits per heavy atom. The highest BCUT2D eigenvalue weighted by Gasteiger charge is 2.36. The lowest BCUT2D eigenvalue weighted by Gasteiger charge is -2.31. The predicted molar refractivity (Wildman–Crippen MR) is 109 cm³/mol. The van der Waals surface area contributed by atoms with Crippen molar-refractivity contribution in [1.82, 2.24) is 4.31 Å². The molecule has 1 fully saturated rings. The summed E-state index contributed by atoms with van der Waals surface area (Å²) in [6.45, 7) is 1.06. The first-order chi connectivity index (χ1) is 14.3. The van der Waals surface area contributed by atoms with E-state index in [0.29, 0.717) is 30.5 Å². The van der Waals surface area contributed by atoms with Gasteiger partial charge in [0, 0.05) is 19.2 Å². The van der Waals surface area contributed by atoms with Crippen molar-refractivity contribution in [2.24, 2.45) is 0 Å². The van der Waals surface area contributed by atoms with Crippen LogP contribution in [0.25, 0.3) is 0 Å². The van der Waals surface area contributed by atoms with Gasteiger partial charge in [-0.3, -0.25) is 0 Å². The van der Waals surface area contributed by atoms with Crippen LogP contribution in [0.2, 0.25) is 0 Å². The summed E-state index contributed by atoms with van der Waals surface area (Å²) in [4.78, 5) is 0.333. The monoisotopic (exact) mass is 453 g/mol. The summed E-state index contributed by atoms with van der Waals surface area (Å²) in [5.74, 6) is 1.50. The van der Waals surface area contributed by atoms with Gasteiger partial charge < -0.3 is 14.2 Å². The minimum Gasteiger partial charge on any atom is -0.497 e. The molecular weight excluding hydrogens is 430 g/mol. The van der Waals surface area contributed by atoms with Crippen LogP contribution in [0.1, 0.15) is 12.8 Å². The molecule has 0 spiro atoms. The molecule has 2 heterocycles. The molecule has 4 rings (SSSR count). The topological polar surface area (TPSA) is 99.2 Å². The van der Waals surface area contributed by atoms with Crippen LogP contribution in [0, 0.1) is 0 Å². The number of piperidine rings is 1. The number of fused-ring (bicyclic) bond motifs is 1. The zero-order valence-electron chi connectivity index (χ0n) is 16.5. The zero-order chi connectivity index (χ0) is 21.4. The van der Waals surface area contributed by atoms with Crippen molar-refractivity contribution >= 4 is 19.9 Å². The Balaban J connectivity index is 1.48. The van der Waals surface area contributed by atoms with Crippen molar-refractivity contribution in [3.05, 3.63) is 42.5 Å². The fourth-order valence-corrected chi connectivity index (χ4v) is 6.89. The number of sulfone groups is 1. The molecule has 0 N–H and O–H groups in total. The van der Waals surface area contributed by atoms with Gasteiger partial charge in [0.05, 0.1) is 22.2 Å². The molecule has 10 heteroatoms. The van der Waals surface area contributed by atoms with Gasteiger partial charge in [-0.25, -0.2) is 16.8 Å². The van der Waals surface area contributed by atoms with Crippen LogP contribution < -0.4 is 14.2 Å². The number of sulfonamides is 1. The van der Waals surface area contributed by atoms with E-state index in [1.54, 1.807) is 18.2 Å². The highest BCUT2D eigenvalue weighted by Crippen LogP contribution is 2.34. The van der Waals surface area contributed by atoms with E-state index in [1.807, 2.05) is 0 Å². The van der Waals surface area contributed by atoms with E-state index in [1.165, 1.54) is 35.7 Å². The van der Waals surface area contributed by atoms with Crippen molar-refractivity contribution in [1.29, 1.82) is 0 Å². The average molecular weight is 454 g/mol. The van der Waals surface area contributed by atoms with Gasteiger partial charge in [-0.05, 0) is 49.2 Å². The molecule has 2 aliphatic rings. The van der Waals surface area contributed by atoms with E-state index < -0.39 is 25.1 Å². The number of methoxy groups -OCH3 is 1. The number of ether oxygens (including phenoxy) is 3. The number of hydrogen-bond donors (Lipinski definition) is 0. The molecule has 0 amide bonds. The maximum Gasteiger partial charge on any atom is 0.243 e. The third-order valence-corrected chi connectivity index (χ3v) is 9.55. The molecule has 162 valence electrons. The lowest BCUT2D eigenvalue weighted by Crippen LogP contribution is -2.42. The number of rotatable bonds is 5. The van der Waals surface area contributed by atoms with Gasteiger partial charge in [0.15, 0.2) is 21.3 Å². The molecule has 2 aromatic rings. The lowest BCUT2D eigenvalue weighted by molar-refractivity contribution is 0.171. The van der Waals surface area contributed by atoms with Crippen molar-refractivity contribution in [2.75, 3.05) is 33.4 Å². The van der Waals surface area contributed by atoms with Gasteiger partial charge in [-0.2, -0.15) is 4.31 Å². The minimum absolute atomic E-state index is 0.114. The second-order valence-corrected chi connectivity index (χ2v) is 11.3. The Morgan fingerprint density at radius 3 is 2.10 bits per heavy atom. The summed E-state index contributed by atoms with van der Waals surface area (Å²) in [6.07, 6.45) is 0.469. The first-order valence-corrected chi connectivity index (χ1v) is 12.6. The summed E-state index contributed by atoms with van der Waals surface area (Å²) in [5.41, 5.74) is 0. The van der Waals surface area contributed by atoms with Gasteiger partial charge in [-0.1, -0.05) is 0 Å². The molecule has 0 aromatic heterocycles. The molecular formula is C20H23NO7S2. The van der Waals surface area contributed by atoms with Crippen molar-refractivity contribution in [3.63, 3.8) is 0 Å². The molecule has 1 saturated heterocycles. The maximum absolute atomic E-state index is 13.0. The molecule has 2 aromatic carbocycles. The van der Waals surface area contributed by atoms with E-state index in [2.05, 4.69) is 0 Å². The third-order valence-electron chi connectivity index (χ3n) is 5.38. The third kappa shape index (κ3) is 3.86. The molecule has 0 bridgehead atoms. The Labute approximate surface area is 176 Å². The van der Waals surface area contributed by atoms with Gasteiger partial charge in [0.25, 0.3) is 0 Å². The zero-order valence-corrected chi connectivity index (χ0v) is 18.1. The second kappa shape index (κ2) is 8.09. The predicted octanol–water partition coefficient (Wildman–Crippen LogP) is 2.09. The van der Waals surface area contributed by atoms with Gasteiger partial charge in [-0.15, -0.1) is 0 Å². The summed E-state index contributed by atoms with van der Waals surface area (Å²) in [6, 6.07) is 10.8. The molecule has 0 atom stereocenters. The van der Waals surface area contributed by atoms with E-state index >= 15 is 0 Å². The highest BCUT2D eigenvalue weighted by atomic mass is 32.2. The van der Waals surface area contributed by atoms with Crippen LogP contribution >= 0.6 is 0 Å². The van der Waals surface area contributed by atoms with Crippen LogP contribution in [-0.2, 0) is 19.9 Å². The molecule has 0 saturated carbocycles. The SMILES string of the molecule is COc1ccc(S(=O)(=O)C2CCN(S(=O)(=O)c3ccc4c(c3)OCCO4)CC2)cc1. The molecule has 2 aliphatic heterocycles. The summed E-state index contributed by atoms with van der Waals surface area (Å²) < 4.78 is 69.3. The highest BCUT2D eigenvalue weighted by molar-refractivity contribution is 7.92. The van der Waals surface area contributed by atoms with Crippen molar-refractivity contribution in [2.45, 2.75) is 27.9 Å². The van der Waals surface area contributed by atoms with Crippen LogP contribution in [-0.4, -0.2) is 59.8 Å². The van der Waals surface area contributed by atoms with Gasteiger partial charge >= 0.3 is 0 Å². The minimum atomic E-state index is -3.75. The van der Waals surface area contributed by atoms with Crippen LogP contribution in [0.4, 0.5) is 0 Å². The smallest absolute Gasteiger partial charge is 0.243 e. The van der Waals surface area contributed by atoms with E-state index in [-0.39, 0.29) is 35.7 Å². The molecule has 30 heavy (non-hydrogen) atoms. The van der Waals surface area contributed by atoms with E-state index in [0.717, 1.165) is 0 Å². The maximum atomic E-state index is 13.0. The summed E-state index contributed by atoms with van der Waals surface area (Å²) in [5, 5.41) is -0.627. The largest absolute Gasteiger partial charge is 0.497 e. The van der Waals surface area contributed by atoms with Crippen LogP contribution in [0.15, 0.2) is 52.3 Å². The Kier molecular flexibility index (Phi) is 5.65. The molecule has 0 aliphatic carbocycles. The van der Waals surface area contributed by atoms with E-state index in [9.17, 15) is 16.8 Å². The Morgan fingerprint density at radius 1 is 0.867 bits per heavy atom. The average Bonchev–Trinajstić information content (AvgIpc) is 2.78. The number of hydrogen-bond acceptors (Lipinski definition) is 7. The van der Waals surface area contributed by atoms with Crippen molar-refractivity contribution in [3.8, 4) is 17.2 Å². The number of nitrogens with zero attached hydrogens (tertiary/aromatic N) is 1. The first kappa shape index (κ1) is 21.0. The van der Waals surface area contributed by atoms with Gasteiger partial charge in [0.2, 0.25) is 10.0 Å². The Bertz CT molecular complexity index is 1120. The van der Waals surface area contributed by atoms with Gasteiger partial charge in [0.1, 0.15) is 19.0 Å². The second-order valence-electron chi connectivity index (χ2n) is 7.13. The molecule has 8 nitrogen and oxygen atoms in total. The first-order valence-electron chi connectivity index (χ1n) is 9.60. The lowest BCUT2D eigenvalue weighted by atomic mass is 10.2. The normalized spacial score (nSPS) is 18.2. The fraction of sp³-hybridized carbons (Fsp3) is 0.400. The number of benzene rings is 2. The summed E-state index contributed by atoms with van der Waals surface area (Å²) in [7, 11) is -5.78. The van der Waals surface area contributed by atoms with E-state index in [4.69, 9.17) is 14.2 Å². The Hall–Kier alpha value is -2.30. The molecule has 0 radical (unpaired) electrons. The van der Waals surface area contributed by atoms with Crippen molar-refractivity contribution < 1.29 is 31.0 Å².